The molecule has 0 aromatic heterocycles. The number of benzene rings is 1. The fourth-order valence-corrected chi connectivity index (χ4v) is 3.48. The van der Waals surface area contributed by atoms with Gasteiger partial charge in [0.2, 0.25) is 0 Å². The van der Waals surface area contributed by atoms with Crippen molar-refractivity contribution in [1.29, 1.82) is 0 Å². The lowest BCUT2D eigenvalue weighted by Crippen LogP contribution is -2.43. The molecule has 4 nitrogen and oxygen atoms in total. The predicted octanol–water partition coefficient (Wildman–Crippen LogP) is 3.76. The van der Waals surface area contributed by atoms with Crippen LogP contribution in [0.3, 0.4) is 0 Å². The number of ether oxygens (including phenoxy) is 1. The molecule has 1 unspecified atom stereocenters. The standard InChI is InChI=1S/C16H24N2O2S/c1-16(2,3)20-15(19)18-10-4-5-14(11-18)21-13-8-6-12(17)7-9-13/h6-9,14H,4-5,10-11,17H2,1-3H3. The van der Waals surface area contributed by atoms with Crippen LogP contribution in [-0.2, 0) is 4.74 Å². The number of piperidine rings is 1. The van der Waals surface area contributed by atoms with E-state index in [0.29, 0.717) is 5.25 Å². The Hall–Kier alpha value is -1.36. The molecule has 1 amide bonds. The molecule has 1 saturated heterocycles. The number of hydrogen-bond acceptors (Lipinski definition) is 4. The maximum absolute atomic E-state index is 12.1. The molecule has 1 aliphatic heterocycles. The highest BCUT2D eigenvalue weighted by atomic mass is 32.2. The second-order valence-electron chi connectivity index (χ2n) is 6.38. The summed E-state index contributed by atoms with van der Waals surface area (Å²) >= 11 is 1.81. The van der Waals surface area contributed by atoms with Gasteiger partial charge < -0.3 is 15.4 Å². The van der Waals surface area contributed by atoms with Crippen molar-refractivity contribution < 1.29 is 9.53 Å². The van der Waals surface area contributed by atoms with Gasteiger partial charge in [0.1, 0.15) is 5.60 Å². The van der Waals surface area contributed by atoms with Crippen LogP contribution in [0.4, 0.5) is 10.5 Å². The van der Waals surface area contributed by atoms with Crippen molar-refractivity contribution in [2.75, 3.05) is 18.8 Å². The first-order valence-electron chi connectivity index (χ1n) is 7.33. The van der Waals surface area contributed by atoms with E-state index < -0.39 is 5.60 Å². The summed E-state index contributed by atoms with van der Waals surface area (Å²) in [6.07, 6.45) is 1.94. The van der Waals surface area contributed by atoms with E-state index in [1.807, 2.05) is 61.7 Å². The van der Waals surface area contributed by atoms with Gasteiger partial charge >= 0.3 is 6.09 Å². The fraction of sp³-hybridized carbons (Fsp3) is 0.562. The highest BCUT2D eigenvalue weighted by molar-refractivity contribution is 8.00. The lowest BCUT2D eigenvalue weighted by atomic mass is 10.1. The molecule has 1 fully saturated rings. The molecule has 1 aromatic carbocycles. The number of nitrogens with zero attached hydrogens (tertiary/aromatic N) is 1. The van der Waals surface area contributed by atoms with Gasteiger partial charge in [-0.1, -0.05) is 0 Å². The van der Waals surface area contributed by atoms with Crippen LogP contribution < -0.4 is 5.73 Å². The van der Waals surface area contributed by atoms with Crippen molar-refractivity contribution in [3.05, 3.63) is 24.3 Å². The Morgan fingerprint density at radius 1 is 1.33 bits per heavy atom. The van der Waals surface area contributed by atoms with E-state index in [-0.39, 0.29) is 6.09 Å². The van der Waals surface area contributed by atoms with Crippen LogP contribution >= 0.6 is 11.8 Å². The second kappa shape index (κ2) is 6.60. The number of nitrogen functional groups attached to an aromatic ring is 1. The number of hydrogen-bond donors (Lipinski definition) is 1. The lowest BCUT2D eigenvalue weighted by Gasteiger charge is -2.33. The zero-order chi connectivity index (χ0) is 15.5. The fourth-order valence-electron chi connectivity index (χ4n) is 2.27. The van der Waals surface area contributed by atoms with Gasteiger partial charge in [0, 0.05) is 28.9 Å². The van der Waals surface area contributed by atoms with Gasteiger partial charge in [0.15, 0.2) is 0 Å². The number of carbonyl (C=O) groups is 1. The van der Waals surface area contributed by atoms with Gasteiger partial charge in [0.05, 0.1) is 0 Å². The van der Waals surface area contributed by atoms with E-state index in [2.05, 4.69) is 0 Å². The van der Waals surface area contributed by atoms with E-state index in [1.54, 1.807) is 0 Å². The smallest absolute Gasteiger partial charge is 0.410 e. The average Bonchev–Trinajstić information content (AvgIpc) is 2.40. The molecule has 1 aliphatic rings. The Bertz CT molecular complexity index is 482. The number of anilines is 1. The summed E-state index contributed by atoms with van der Waals surface area (Å²) in [6.45, 7) is 7.22. The minimum atomic E-state index is -0.436. The van der Waals surface area contributed by atoms with Gasteiger partial charge in [-0.05, 0) is 57.9 Å². The topological polar surface area (TPSA) is 55.6 Å². The monoisotopic (exact) mass is 308 g/mol. The van der Waals surface area contributed by atoms with E-state index in [4.69, 9.17) is 10.5 Å². The molecule has 0 bridgehead atoms. The highest BCUT2D eigenvalue weighted by Gasteiger charge is 2.27. The Kier molecular flexibility index (Phi) is 5.04. The first kappa shape index (κ1) is 16.0. The molecule has 0 spiro atoms. The maximum Gasteiger partial charge on any atom is 0.410 e. The number of thioether (sulfide) groups is 1. The molecular formula is C16H24N2O2S. The summed E-state index contributed by atoms with van der Waals surface area (Å²) < 4.78 is 5.45. The van der Waals surface area contributed by atoms with E-state index >= 15 is 0 Å². The van der Waals surface area contributed by atoms with Crippen molar-refractivity contribution in [1.82, 2.24) is 4.90 Å². The lowest BCUT2D eigenvalue weighted by molar-refractivity contribution is 0.0220. The summed E-state index contributed by atoms with van der Waals surface area (Å²) in [4.78, 5) is 15.2. The van der Waals surface area contributed by atoms with Crippen LogP contribution in [0.5, 0.6) is 0 Å². The van der Waals surface area contributed by atoms with Crippen molar-refractivity contribution in [3.8, 4) is 0 Å². The molecule has 5 heteroatoms. The normalized spacial score (nSPS) is 19.4. The Morgan fingerprint density at radius 3 is 2.62 bits per heavy atom. The molecule has 0 saturated carbocycles. The Labute approximate surface area is 131 Å². The zero-order valence-electron chi connectivity index (χ0n) is 13.0. The third-order valence-electron chi connectivity index (χ3n) is 3.21. The zero-order valence-corrected chi connectivity index (χ0v) is 13.8. The molecule has 1 heterocycles. The summed E-state index contributed by atoms with van der Waals surface area (Å²) in [6, 6.07) is 7.90. The van der Waals surface area contributed by atoms with E-state index in [1.165, 1.54) is 4.90 Å². The van der Waals surface area contributed by atoms with Crippen molar-refractivity contribution >= 4 is 23.5 Å². The summed E-state index contributed by atoms with van der Waals surface area (Å²) in [5.74, 6) is 0. The molecule has 1 atom stereocenters. The van der Waals surface area contributed by atoms with Crippen molar-refractivity contribution in [2.24, 2.45) is 0 Å². The number of amides is 1. The summed E-state index contributed by atoms with van der Waals surface area (Å²) in [5, 5.41) is 0.412. The molecule has 2 N–H and O–H groups in total. The third-order valence-corrected chi connectivity index (χ3v) is 4.48. The molecule has 116 valence electrons. The second-order valence-corrected chi connectivity index (χ2v) is 7.75. The largest absolute Gasteiger partial charge is 0.444 e. The number of nitrogens with two attached hydrogens (primary N) is 1. The minimum absolute atomic E-state index is 0.204. The van der Waals surface area contributed by atoms with Gasteiger partial charge in [-0.2, -0.15) is 0 Å². The van der Waals surface area contributed by atoms with Crippen LogP contribution in [0.2, 0.25) is 0 Å². The predicted molar refractivity (Wildman–Crippen MR) is 87.5 cm³/mol. The van der Waals surface area contributed by atoms with E-state index in [9.17, 15) is 4.79 Å². The van der Waals surface area contributed by atoms with Crippen LogP contribution in [0.15, 0.2) is 29.2 Å². The molecule has 1 aromatic rings. The number of carbonyl (C=O) groups excluding carboxylic acids is 1. The molecule has 0 radical (unpaired) electrons. The summed E-state index contributed by atoms with van der Waals surface area (Å²) in [5.41, 5.74) is 6.04. The summed E-state index contributed by atoms with van der Waals surface area (Å²) in [7, 11) is 0. The quantitative estimate of drug-likeness (QED) is 0.845. The van der Waals surface area contributed by atoms with Gasteiger partial charge in [0.25, 0.3) is 0 Å². The van der Waals surface area contributed by atoms with Gasteiger partial charge in [-0.25, -0.2) is 4.79 Å². The average molecular weight is 308 g/mol. The van der Waals surface area contributed by atoms with Crippen LogP contribution in [0.1, 0.15) is 33.6 Å². The highest BCUT2D eigenvalue weighted by Crippen LogP contribution is 2.30. The maximum atomic E-state index is 12.1. The molecule has 2 rings (SSSR count). The van der Waals surface area contributed by atoms with Crippen molar-refractivity contribution in [3.63, 3.8) is 0 Å². The Morgan fingerprint density at radius 2 is 2.00 bits per heavy atom. The minimum Gasteiger partial charge on any atom is -0.444 e. The number of likely N-dealkylation sites (tertiary alicyclic amines) is 1. The SMILES string of the molecule is CC(C)(C)OC(=O)N1CCCC(Sc2ccc(N)cc2)C1. The van der Waals surface area contributed by atoms with Gasteiger partial charge in [-0.15, -0.1) is 11.8 Å². The van der Waals surface area contributed by atoms with Crippen LogP contribution in [0.25, 0.3) is 0 Å². The molecule has 0 aliphatic carbocycles. The van der Waals surface area contributed by atoms with Crippen LogP contribution in [-0.4, -0.2) is 34.9 Å². The molecular weight excluding hydrogens is 284 g/mol. The van der Waals surface area contributed by atoms with Crippen LogP contribution in [0, 0.1) is 0 Å². The van der Waals surface area contributed by atoms with E-state index in [0.717, 1.165) is 31.6 Å². The van der Waals surface area contributed by atoms with Gasteiger partial charge in [-0.3, -0.25) is 0 Å². The first-order chi connectivity index (χ1) is 9.83. The molecule has 21 heavy (non-hydrogen) atoms. The first-order valence-corrected chi connectivity index (χ1v) is 8.21. The number of rotatable bonds is 2. The van der Waals surface area contributed by atoms with Crippen molar-refractivity contribution in [2.45, 2.75) is 49.4 Å². The Balaban J connectivity index is 1.91. The third kappa shape index (κ3) is 5.16.